The van der Waals surface area contributed by atoms with Crippen LogP contribution < -0.4 is 10.2 Å². The molecule has 1 heterocycles. The average molecular weight is 346 g/mol. The number of benzene rings is 2. The van der Waals surface area contributed by atoms with Crippen molar-refractivity contribution in [3.8, 4) is 0 Å². The van der Waals surface area contributed by atoms with E-state index in [2.05, 4.69) is 33.5 Å². The van der Waals surface area contributed by atoms with Gasteiger partial charge in [0.05, 0.1) is 0 Å². The number of aryl methyl sites for hydroxylation is 3. The number of rotatable bonds is 4. The third-order valence-electron chi connectivity index (χ3n) is 4.16. The molecular weight excluding hydrogens is 324 g/mol. The molecule has 0 radical (unpaired) electrons. The Morgan fingerprint density at radius 2 is 1.69 bits per heavy atom. The van der Waals surface area contributed by atoms with Crippen molar-refractivity contribution in [1.82, 2.24) is 9.97 Å². The number of anilines is 3. The summed E-state index contributed by atoms with van der Waals surface area (Å²) in [5.74, 6) is 0.979. The first-order valence-corrected chi connectivity index (χ1v) is 8.47. The highest BCUT2D eigenvalue weighted by molar-refractivity contribution is 6.04. The largest absolute Gasteiger partial charge is 0.340 e. The van der Waals surface area contributed by atoms with Crippen LogP contribution in [0.2, 0.25) is 0 Å². The molecule has 5 heteroatoms. The van der Waals surface area contributed by atoms with Crippen LogP contribution in [0.4, 0.5) is 17.2 Å². The summed E-state index contributed by atoms with van der Waals surface area (Å²) in [4.78, 5) is 23.2. The van der Waals surface area contributed by atoms with Crippen molar-refractivity contribution in [3.63, 3.8) is 0 Å². The van der Waals surface area contributed by atoms with Crippen LogP contribution in [0.25, 0.3) is 0 Å². The smallest absolute Gasteiger partial charge is 0.276 e. The summed E-state index contributed by atoms with van der Waals surface area (Å²) < 4.78 is 0. The van der Waals surface area contributed by atoms with Gasteiger partial charge in [-0.1, -0.05) is 30.3 Å². The lowest BCUT2D eigenvalue weighted by Gasteiger charge is -2.17. The second-order valence-electron chi connectivity index (χ2n) is 6.33. The van der Waals surface area contributed by atoms with Gasteiger partial charge in [0.1, 0.15) is 17.3 Å². The highest BCUT2D eigenvalue weighted by Crippen LogP contribution is 2.22. The molecule has 5 nitrogen and oxygen atoms in total. The number of amides is 1. The number of nitrogens with one attached hydrogen (secondary N) is 1. The summed E-state index contributed by atoms with van der Waals surface area (Å²) in [6.07, 6.45) is 0. The molecule has 1 amide bonds. The summed E-state index contributed by atoms with van der Waals surface area (Å²) in [7, 11) is 1.74. The quantitative estimate of drug-likeness (QED) is 0.759. The van der Waals surface area contributed by atoms with Crippen LogP contribution in [0.15, 0.2) is 54.6 Å². The van der Waals surface area contributed by atoms with Gasteiger partial charge in [0.25, 0.3) is 5.91 Å². The minimum Gasteiger partial charge on any atom is -0.340 e. The van der Waals surface area contributed by atoms with E-state index in [1.54, 1.807) is 24.9 Å². The van der Waals surface area contributed by atoms with E-state index < -0.39 is 0 Å². The van der Waals surface area contributed by atoms with Gasteiger partial charge in [0.15, 0.2) is 0 Å². The number of para-hydroxylation sites is 1. The van der Waals surface area contributed by atoms with Gasteiger partial charge in [-0.05, 0) is 50.1 Å². The van der Waals surface area contributed by atoms with Gasteiger partial charge in [0, 0.05) is 24.5 Å². The number of hydrogen-bond acceptors (Lipinski definition) is 4. The fourth-order valence-corrected chi connectivity index (χ4v) is 2.69. The molecule has 0 saturated carbocycles. The first-order chi connectivity index (χ1) is 12.4. The van der Waals surface area contributed by atoms with Crippen LogP contribution in [0.1, 0.15) is 27.4 Å². The summed E-state index contributed by atoms with van der Waals surface area (Å²) in [6, 6.07) is 17.4. The summed E-state index contributed by atoms with van der Waals surface area (Å²) in [6.45, 7) is 5.86. The van der Waals surface area contributed by atoms with Crippen LogP contribution in [-0.2, 0) is 0 Å². The Balaban J connectivity index is 1.90. The standard InChI is InChI=1S/C21H22N4O/c1-14-10-11-15(2)18(12-14)24-20-13-19(22-16(3)23-20)21(26)25(4)17-8-6-5-7-9-17/h5-13H,1-4H3,(H,22,23,24). The summed E-state index contributed by atoms with van der Waals surface area (Å²) in [5, 5.41) is 3.31. The molecule has 0 spiro atoms. The molecule has 1 aromatic heterocycles. The van der Waals surface area contributed by atoms with Crippen LogP contribution in [0, 0.1) is 20.8 Å². The lowest BCUT2D eigenvalue weighted by Crippen LogP contribution is -2.27. The van der Waals surface area contributed by atoms with Gasteiger partial charge < -0.3 is 10.2 Å². The lowest BCUT2D eigenvalue weighted by molar-refractivity contribution is 0.0988. The highest BCUT2D eigenvalue weighted by Gasteiger charge is 2.17. The number of hydrogen-bond donors (Lipinski definition) is 1. The predicted octanol–water partition coefficient (Wildman–Crippen LogP) is 4.42. The van der Waals surface area contributed by atoms with Crippen molar-refractivity contribution in [2.24, 2.45) is 0 Å². The summed E-state index contributed by atoms with van der Waals surface area (Å²) >= 11 is 0. The Labute approximate surface area is 153 Å². The van der Waals surface area contributed by atoms with Crippen molar-refractivity contribution < 1.29 is 4.79 Å². The van der Waals surface area contributed by atoms with E-state index in [9.17, 15) is 4.79 Å². The maximum Gasteiger partial charge on any atom is 0.276 e. The van der Waals surface area contributed by atoms with Crippen LogP contribution in [0.5, 0.6) is 0 Å². The minimum absolute atomic E-state index is 0.175. The van der Waals surface area contributed by atoms with Gasteiger partial charge in [0.2, 0.25) is 0 Å². The molecule has 132 valence electrons. The Bertz CT molecular complexity index is 938. The first kappa shape index (κ1) is 17.6. The average Bonchev–Trinajstić information content (AvgIpc) is 2.64. The molecule has 26 heavy (non-hydrogen) atoms. The number of carbonyl (C=O) groups excluding carboxylic acids is 1. The Hall–Kier alpha value is -3.21. The SMILES string of the molecule is Cc1ccc(C)c(Nc2cc(C(=O)N(C)c3ccccc3)nc(C)n2)c1. The van der Waals surface area contributed by atoms with E-state index in [4.69, 9.17) is 0 Å². The summed E-state index contributed by atoms with van der Waals surface area (Å²) in [5.41, 5.74) is 4.41. The molecule has 0 fully saturated rings. The van der Waals surface area contributed by atoms with E-state index in [-0.39, 0.29) is 5.91 Å². The van der Waals surface area contributed by atoms with E-state index in [1.165, 1.54) is 0 Å². The van der Waals surface area contributed by atoms with Crippen molar-refractivity contribution in [2.45, 2.75) is 20.8 Å². The molecule has 3 rings (SSSR count). The van der Waals surface area contributed by atoms with Crippen LogP contribution in [-0.4, -0.2) is 22.9 Å². The van der Waals surface area contributed by atoms with Gasteiger partial charge in [-0.3, -0.25) is 4.79 Å². The van der Waals surface area contributed by atoms with Crippen LogP contribution in [0.3, 0.4) is 0 Å². The van der Waals surface area contributed by atoms with Crippen molar-refractivity contribution in [1.29, 1.82) is 0 Å². The maximum absolute atomic E-state index is 12.8. The molecule has 3 aromatic rings. The number of aromatic nitrogens is 2. The van der Waals surface area contributed by atoms with E-state index >= 15 is 0 Å². The van der Waals surface area contributed by atoms with Crippen molar-refractivity contribution in [3.05, 3.63) is 77.2 Å². The Kier molecular flexibility index (Phi) is 4.98. The minimum atomic E-state index is -0.175. The lowest BCUT2D eigenvalue weighted by atomic mass is 10.1. The fourth-order valence-electron chi connectivity index (χ4n) is 2.69. The van der Waals surface area contributed by atoms with Gasteiger partial charge in [-0.2, -0.15) is 0 Å². The van der Waals surface area contributed by atoms with E-state index in [1.807, 2.05) is 44.2 Å². The molecule has 0 bridgehead atoms. The zero-order valence-electron chi connectivity index (χ0n) is 15.4. The monoisotopic (exact) mass is 346 g/mol. The molecule has 0 aliphatic rings. The molecule has 0 saturated heterocycles. The number of nitrogens with zero attached hydrogens (tertiary/aromatic N) is 3. The molecular formula is C21H22N4O. The van der Waals surface area contributed by atoms with Gasteiger partial charge >= 0.3 is 0 Å². The van der Waals surface area contributed by atoms with Crippen molar-refractivity contribution in [2.75, 3.05) is 17.3 Å². The normalized spacial score (nSPS) is 10.5. The van der Waals surface area contributed by atoms with Gasteiger partial charge in [-0.25, -0.2) is 9.97 Å². The van der Waals surface area contributed by atoms with E-state index in [0.29, 0.717) is 17.3 Å². The molecule has 2 aromatic carbocycles. The fraction of sp³-hybridized carbons (Fsp3) is 0.190. The number of carbonyl (C=O) groups is 1. The Morgan fingerprint density at radius 1 is 0.962 bits per heavy atom. The zero-order valence-corrected chi connectivity index (χ0v) is 15.4. The molecule has 0 unspecified atom stereocenters. The van der Waals surface area contributed by atoms with Crippen molar-refractivity contribution >= 4 is 23.1 Å². The molecule has 0 aliphatic heterocycles. The maximum atomic E-state index is 12.8. The van der Waals surface area contributed by atoms with E-state index in [0.717, 1.165) is 22.5 Å². The Morgan fingerprint density at radius 3 is 2.42 bits per heavy atom. The third-order valence-corrected chi connectivity index (χ3v) is 4.16. The molecule has 0 atom stereocenters. The van der Waals surface area contributed by atoms with Gasteiger partial charge in [-0.15, -0.1) is 0 Å². The second kappa shape index (κ2) is 7.35. The first-order valence-electron chi connectivity index (χ1n) is 8.47. The third kappa shape index (κ3) is 3.88. The highest BCUT2D eigenvalue weighted by atomic mass is 16.2. The second-order valence-corrected chi connectivity index (χ2v) is 6.33. The molecule has 1 N–H and O–H groups in total. The topological polar surface area (TPSA) is 58.1 Å². The predicted molar refractivity (Wildman–Crippen MR) is 105 cm³/mol. The van der Waals surface area contributed by atoms with Crippen LogP contribution >= 0.6 is 0 Å². The molecule has 0 aliphatic carbocycles. The zero-order chi connectivity index (χ0) is 18.7.